The Hall–Kier alpha value is -2.93. The van der Waals surface area contributed by atoms with Crippen LogP contribution in [0.5, 0.6) is 5.75 Å². The summed E-state index contributed by atoms with van der Waals surface area (Å²) in [6.45, 7) is 1.19. The number of esters is 1. The zero-order valence-electron chi connectivity index (χ0n) is 13.8. The quantitative estimate of drug-likeness (QED) is 0.462. The van der Waals surface area contributed by atoms with Crippen molar-refractivity contribution >= 4 is 35.0 Å². The molecule has 0 N–H and O–H groups in total. The fraction of sp³-hybridized carbons (Fsp3) is 0.105. The fourth-order valence-electron chi connectivity index (χ4n) is 2.38. The molecule has 2 aromatic carbocycles. The predicted molar refractivity (Wildman–Crippen MR) is 95.7 cm³/mol. The van der Waals surface area contributed by atoms with Crippen molar-refractivity contribution in [2.24, 2.45) is 0 Å². The molecular formula is C19H14FNO4S. The number of carbonyl (C=O) groups is 3. The molecule has 132 valence electrons. The van der Waals surface area contributed by atoms with Gasteiger partial charge in [0.05, 0.1) is 11.4 Å². The summed E-state index contributed by atoms with van der Waals surface area (Å²) in [6, 6.07) is 12.6. The largest absolute Gasteiger partial charge is 0.427 e. The SMILES string of the molecule is CC(=O)Oc1ccc(/C=C2/SC(=O)N(Cc3ccccc3F)C2=O)cc1. The van der Waals surface area contributed by atoms with Crippen LogP contribution in [0, 0.1) is 5.82 Å². The Labute approximate surface area is 153 Å². The van der Waals surface area contributed by atoms with E-state index >= 15 is 0 Å². The summed E-state index contributed by atoms with van der Waals surface area (Å²) >= 11 is 0.807. The molecule has 5 nitrogen and oxygen atoms in total. The molecule has 0 atom stereocenters. The molecule has 1 saturated heterocycles. The van der Waals surface area contributed by atoms with Crippen LogP contribution in [0.25, 0.3) is 6.08 Å². The van der Waals surface area contributed by atoms with E-state index in [1.807, 2.05) is 0 Å². The maximum atomic E-state index is 13.8. The van der Waals surface area contributed by atoms with Crippen LogP contribution < -0.4 is 4.74 Å². The van der Waals surface area contributed by atoms with Crippen molar-refractivity contribution in [1.82, 2.24) is 4.90 Å². The third-order valence-corrected chi connectivity index (χ3v) is 4.51. The van der Waals surface area contributed by atoms with Gasteiger partial charge >= 0.3 is 5.97 Å². The average molecular weight is 371 g/mol. The number of halogens is 1. The first kappa shape index (κ1) is 17.9. The number of hydrogen-bond donors (Lipinski definition) is 0. The summed E-state index contributed by atoms with van der Waals surface area (Å²) in [7, 11) is 0. The van der Waals surface area contributed by atoms with Crippen LogP contribution in [0.15, 0.2) is 53.4 Å². The van der Waals surface area contributed by atoms with Crippen molar-refractivity contribution in [3.05, 3.63) is 70.4 Å². The van der Waals surface area contributed by atoms with Crippen molar-refractivity contribution in [2.45, 2.75) is 13.5 Å². The molecular weight excluding hydrogens is 357 g/mol. The molecule has 0 aliphatic carbocycles. The van der Waals surface area contributed by atoms with Crippen molar-refractivity contribution < 1.29 is 23.5 Å². The topological polar surface area (TPSA) is 63.7 Å². The Bertz CT molecular complexity index is 908. The Kier molecular flexibility index (Phi) is 5.18. The van der Waals surface area contributed by atoms with Crippen LogP contribution in [0.2, 0.25) is 0 Å². The molecule has 3 rings (SSSR count). The number of rotatable bonds is 4. The van der Waals surface area contributed by atoms with Crippen molar-refractivity contribution in [3.63, 3.8) is 0 Å². The van der Waals surface area contributed by atoms with Crippen LogP contribution in [0.3, 0.4) is 0 Å². The molecule has 1 fully saturated rings. The minimum Gasteiger partial charge on any atom is -0.427 e. The van der Waals surface area contributed by atoms with E-state index < -0.39 is 22.9 Å². The number of benzene rings is 2. The number of hydrogen-bond acceptors (Lipinski definition) is 5. The number of nitrogens with zero attached hydrogens (tertiary/aromatic N) is 1. The Morgan fingerprint density at radius 2 is 1.85 bits per heavy atom. The van der Waals surface area contributed by atoms with Gasteiger partial charge in [0.1, 0.15) is 11.6 Å². The van der Waals surface area contributed by atoms with E-state index in [1.165, 1.54) is 19.1 Å². The highest BCUT2D eigenvalue weighted by molar-refractivity contribution is 8.18. The van der Waals surface area contributed by atoms with Gasteiger partial charge in [0.25, 0.3) is 11.1 Å². The normalized spacial score (nSPS) is 15.6. The highest BCUT2D eigenvalue weighted by atomic mass is 32.2. The average Bonchev–Trinajstić information content (AvgIpc) is 2.85. The summed E-state index contributed by atoms with van der Waals surface area (Å²) in [5.74, 6) is -0.960. The van der Waals surface area contributed by atoms with Gasteiger partial charge in [-0.2, -0.15) is 0 Å². The molecule has 0 saturated carbocycles. The first-order valence-corrected chi connectivity index (χ1v) is 8.53. The van der Waals surface area contributed by atoms with Gasteiger partial charge in [0.2, 0.25) is 0 Å². The molecule has 0 bridgehead atoms. The van der Waals surface area contributed by atoms with E-state index in [2.05, 4.69) is 0 Å². The number of imide groups is 1. The molecule has 2 aromatic rings. The van der Waals surface area contributed by atoms with Gasteiger partial charge in [-0.25, -0.2) is 4.39 Å². The van der Waals surface area contributed by atoms with Gasteiger partial charge in [0.15, 0.2) is 0 Å². The second-order valence-electron chi connectivity index (χ2n) is 5.52. The second-order valence-corrected chi connectivity index (χ2v) is 6.52. The van der Waals surface area contributed by atoms with E-state index in [9.17, 15) is 18.8 Å². The second kappa shape index (κ2) is 7.53. The summed E-state index contributed by atoms with van der Waals surface area (Å²) in [5, 5.41) is -0.443. The molecule has 0 aromatic heterocycles. The molecule has 2 amide bonds. The van der Waals surface area contributed by atoms with Gasteiger partial charge in [0, 0.05) is 12.5 Å². The maximum Gasteiger partial charge on any atom is 0.308 e. The minimum atomic E-state index is -0.465. The Balaban J connectivity index is 1.76. The lowest BCUT2D eigenvalue weighted by molar-refractivity contribution is -0.131. The number of carbonyl (C=O) groups excluding carboxylic acids is 3. The monoisotopic (exact) mass is 371 g/mol. The highest BCUT2D eigenvalue weighted by Crippen LogP contribution is 2.33. The van der Waals surface area contributed by atoms with Crippen molar-refractivity contribution in [2.75, 3.05) is 0 Å². The Morgan fingerprint density at radius 1 is 1.15 bits per heavy atom. The van der Waals surface area contributed by atoms with E-state index in [1.54, 1.807) is 42.5 Å². The van der Waals surface area contributed by atoms with Crippen LogP contribution >= 0.6 is 11.8 Å². The predicted octanol–water partition coefficient (Wildman–Crippen LogP) is 3.99. The third-order valence-electron chi connectivity index (χ3n) is 3.60. The van der Waals surface area contributed by atoms with Gasteiger partial charge in [-0.15, -0.1) is 0 Å². The van der Waals surface area contributed by atoms with Crippen molar-refractivity contribution in [1.29, 1.82) is 0 Å². The first-order valence-electron chi connectivity index (χ1n) is 7.71. The summed E-state index contributed by atoms with van der Waals surface area (Å²) in [6.07, 6.45) is 1.57. The molecule has 7 heteroatoms. The molecule has 0 spiro atoms. The van der Waals surface area contributed by atoms with E-state index in [-0.39, 0.29) is 17.0 Å². The zero-order valence-corrected chi connectivity index (χ0v) is 14.6. The molecule has 1 heterocycles. The van der Waals surface area contributed by atoms with Gasteiger partial charge < -0.3 is 4.74 Å². The van der Waals surface area contributed by atoms with Crippen LogP contribution in [0.4, 0.5) is 9.18 Å². The molecule has 1 aliphatic heterocycles. The molecule has 1 aliphatic rings. The van der Waals surface area contributed by atoms with E-state index in [0.717, 1.165) is 16.7 Å². The smallest absolute Gasteiger partial charge is 0.308 e. The lowest BCUT2D eigenvalue weighted by Gasteiger charge is -2.12. The van der Waals surface area contributed by atoms with Crippen molar-refractivity contribution in [3.8, 4) is 5.75 Å². The molecule has 26 heavy (non-hydrogen) atoms. The van der Waals surface area contributed by atoms with Crippen LogP contribution in [0.1, 0.15) is 18.1 Å². The first-order chi connectivity index (χ1) is 12.4. The van der Waals surface area contributed by atoms with E-state index in [0.29, 0.717) is 11.3 Å². The van der Waals surface area contributed by atoms with E-state index in [4.69, 9.17) is 4.74 Å². The van der Waals surface area contributed by atoms with Gasteiger partial charge in [-0.05, 0) is 41.6 Å². The summed E-state index contributed by atoms with van der Waals surface area (Å²) in [5.41, 5.74) is 0.957. The van der Waals surface area contributed by atoms with Gasteiger partial charge in [-0.1, -0.05) is 30.3 Å². The lowest BCUT2D eigenvalue weighted by Crippen LogP contribution is -2.27. The van der Waals surface area contributed by atoms with Gasteiger partial charge in [-0.3, -0.25) is 19.3 Å². The third kappa shape index (κ3) is 4.00. The molecule has 0 radical (unpaired) electrons. The number of thioether (sulfide) groups is 1. The minimum absolute atomic E-state index is 0.111. The number of ether oxygens (including phenoxy) is 1. The zero-order chi connectivity index (χ0) is 18.7. The fourth-order valence-corrected chi connectivity index (χ4v) is 3.22. The standard InChI is InChI=1S/C19H14FNO4S/c1-12(22)25-15-8-6-13(7-9-15)10-17-18(23)21(19(24)26-17)11-14-4-2-3-5-16(14)20/h2-10H,11H2,1H3/b17-10+. The Morgan fingerprint density at radius 3 is 2.50 bits per heavy atom. The highest BCUT2D eigenvalue weighted by Gasteiger charge is 2.35. The maximum absolute atomic E-state index is 13.8. The number of amides is 2. The lowest BCUT2D eigenvalue weighted by atomic mass is 10.2. The summed E-state index contributed by atoms with van der Waals surface area (Å²) in [4.78, 5) is 36.8. The van der Waals surface area contributed by atoms with Crippen LogP contribution in [-0.4, -0.2) is 22.0 Å². The summed E-state index contributed by atoms with van der Waals surface area (Å²) < 4.78 is 18.7. The molecule has 0 unspecified atom stereocenters. The van der Waals surface area contributed by atoms with Crippen LogP contribution in [-0.2, 0) is 16.1 Å².